The van der Waals surface area contributed by atoms with Gasteiger partial charge in [0.1, 0.15) is 4.83 Å². The van der Waals surface area contributed by atoms with E-state index in [0.717, 1.165) is 16.8 Å². The van der Waals surface area contributed by atoms with Crippen LogP contribution in [0.25, 0.3) is 21.8 Å². The molecule has 0 atom stereocenters. The van der Waals surface area contributed by atoms with Crippen LogP contribution in [0.3, 0.4) is 0 Å². The molecule has 1 aliphatic carbocycles. The van der Waals surface area contributed by atoms with Crippen LogP contribution in [0, 0.1) is 0 Å². The highest BCUT2D eigenvalue weighted by atomic mass is 35.5. The topological polar surface area (TPSA) is 51.0 Å². The first kappa shape index (κ1) is 12.3. The Morgan fingerprint density at radius 1 is 1.40 bits per heavy atom. The van der Waals surface area contributed by atoms with Crippen molar-refractivity contribution in [3.05, 3.63) is 34.5 Å². The number of nitrogens with zero attached hydrogens (tertiary/aromatic N) is 2. The zero-order chi connectivity index (χ0) is 13.5. The van der Waals surface area contributed by atoms with E-state index in [1.54, 1.807) is 23.5 Å². The molecular weight excluding hydrogens is 294 g/mol. The van der Waals surface area contributed by atoms with Crippen molar-refractivity contribution in [3.8, 4) is 11.6 Å². The Hall–Kier alpha value is -1.43. The van der Waals surface area contributed by atoms with E-state index in [-0.39, 0.29) is 0 Å². The van der Waals surface area contributed by atoms with Crippen molar-refractivity contribution in [3.63, 3.8) is 0 Å². The van der Waals surface area contributed by atoms with Gasteiger partial charge in [-0.3, -0.25) is 0 Å². The molecule has 4 rings (SSSR count). The Bertz CT molecular complexity index is 763. The fourth-order valence-electron chi connectivity index (χ4n) is 2.06. The number of hydrogen-bond donors (Lipinski definition) is 1. The Morgan fingerprint density at radius 3 is 3.05 bits per heavy atom. The third kappa shape index (κ3) is 2.44. The second-order valence-corrected chi connectivity index (χ2v) is 6.41. The number of aromatic nitrogens is 2. The van der Waals surface area contributed by atoms with E-state index in [4.69, 9.17) is 16.0 Å². The highest BCUT2D eigenvalue weighted by molar-refractivity contribution is 7.18. The number of rotatable bonds is 4. The van der Waals surface area contributed by atoms with Gasteiger partial charge in [0, 0.05) is 29.0 Å². The van der Waals surface area contributed by atoms with E-state index < -0.39 is 0 Å². The fraction of sp³-hybridized carbons (Fsp3) is 0.286. The number of halogens is 1. The largest absolute Gasteiger partial charge is 0.441 e. The summed E-state index contributed by atoms with van der Waals surface area (Å²) in [5.74, 6) is 1.18. The van der Waals surface area contributed by atoms with Gasteiger partial charge in [0.15, 0.2) is 16.8 Å². The molecule has 20 heavy (non-hydrogen) atoms. The van der Waals surface area contributed by atoms with Gasteiger partial charge in [-0.15, -0.1) is 11.3 Å². The average molecular weight is 306 g/mol. The lowest BCUT2D eigenvalue weighted by Crippen LogP contribution is -2.14. The van der Waals surface area contributed by atoms with Crippen LogP contribution < -0.4 is 5.32 Å². The summed E-state index contributed by atoms with van der Waals surface area (Å²) in [6, 6.07) is 6.34. The minimum absolute atomic E-state index is 0.351. The molecule has 0 unspecified atom stereocenters. The molecule has 4 nitrogen and oxygen atoms in total. The zero-order valence-corrected chi connectivity index (χ0v) is 12.2. The quantitative estimate of drug-likeness (QED) is 0.795. The van der Waals surface area contributed by atoms with Crippen molar-refractivity contribution in [1.29, 1.82) is 0 Å². The number of fused-ring (bicyclic) bond motifs is 1. The van der Waals surface area contributed by atoms with Crippen LogP contribution in [0.4, 0.5) is 0 Å². The van der Waals surface area contributed by atoms with Crippen LogP contribution in [0.5, 0.6) is 0 Å². The Morgan fingerprint density at radius 2 is 2.30 bits per heavy atom. The Kier molecular flexibility index (Phi) is 2.98. The molecule has 3 aromatic heterocycles. The molecule has 0 aromatic carbocycles. The molecule has 1 fully saturated rings. The molecule has 0 spiro atoms. The van der Waals surface area contributed by atoms with Crippen LogP contribution in [-0.4, -0.2) is 16.0 Å². The molecule has 0 aliphatic heterocycles. The first-order chi connectivity index (χ1) is 9.78. The molecule has 1 saturated carbocycles. The molecule has 0 saturated heterocycles. The molecule has 0 bridgehead atoms. The molecule has 1 N–H and O–H groups in total. The summed E-state index contributed by atoms with van der Waals surface area (Å²) in [7, 11) is 0. The van der Waals surface area contributed by atoms with Crippen molar-refractivity contribution in [2.24, 2.45) is 0 Å². The number of furan rings is 1. The Labute approximate surface area is 124 Å². The fourth-order valence-corrected chi connectivity index (χ4v) is 3.15. The van der Waals surface area contributed by atoms with Gasteiger partial charge in [-0.1, -0.05) is 0 Å². The average Bonchev–Trinajstić information content (AvgIpc) is 3.03. The maximum absolute atomic E-state index is 5.78. The molecule has 0 amide bonds. The monoisotopic (exact) mass is 305 g/mol. The van der Waals surface area contributed by atoms with Gasteiger partial charge in [-0.25, -0.2) is 9.97 Å². The minimum atomic E-state index is 0.351. The van der Waals surface area contributed by atoms with E-state index in [9.17, 15) is 0 Å². The second kappa shape index (κ2) is 4.84. The van der Waals surface area contributed by atoms with Crippen LogP contribution in [0.2, 0.25) is 5.22 Å². The van der Waals surface area contributed by atoms with Gasteiger partial charge in [0.2, 0.25) is 0 Å². The maximum Gasteiger partial charge on any atom is 0.197 e. The smallest absolute Gasteiger partial charge is 0.197 e. The third-order valence-corrected chi connectivity index (χ3v) is 4.51. The first-order valence-corrected chi connectivity index (χ1v) is 7.72. The maximum atomic E-state index is 5.78. The molecule has 3 aromatic rings. The van der Waals surface area contributed by atoms with E-state index in [2.05, 4.69) is 21.4 Å². The highest BCUT2D eigenvalue weighted by Crippen LogP contribution is 2.28. The summed E-state index contributed by atoms with van der Waals surface area (Å²) < 4.78 is 5.35. The van der Waals surface area contributed by atoms with E-state index >= 15 is 0 Å². The highest BCUT2D eigenvalue weighted by Gasteiger charge is 2.20. The van der Waals surface area contributed by atoms with Crippen LogP contribution in [0.1, 0.15) is 17.7 Å². The predicted octanol–water partition coefficient (Wildman–Crippen LogP) is 3.86. The van der Waals surface area contributed by atoms with Gasteiger partial charge in [-0.05, 0) is 42.6 Å². The van der Waals surface area contributed by atoms with Gasteiger partial charge in [-0.2, -0.15) is 0 Å². The van der Waals surface area contributed by atoms with Gasteiger partial charge >= 0.3 is 0 Å². The number of thiophene rings is 1. The molecule has 102 valence electrons. The van der Waals surface area contributed by atoms with Gasteiger partial charge < -0.3 is 9.73 Å². The van der Waals surface area contributed by atoms with Crippen LogP contribution in [-0.2, 0) is 6.54 Å². The van der Waals surface area contributed by atoms with E-state index in [1.165, 1.54) is 17.7 Å². The van der Waals surface area contributed by atoms with E-state index in [1.807, 2.05) is 6.20 Å². The summed E-state index contributed by atoms with van der Waals surface area (Å²) in [6.07, 6.45) is 4.44. The number of nitrogens with one attached hydrogen (secondary N) is 1. The molecule has 6 heteroatoms. The summed E-state index contributed by atoms with van der Waals surface area (Å²) in [6.45, 7) is 0.910. The van der Waals surface area contributed by atoms with Gasteiger partial charge in [0.05, 0.1) is 0 Å². The van der Waals surface area contributed by atoms with E-state index in [0.29, 0.717) is 22.8 Å². The lowest BCUT2D eigenvalue weighted by atomic mass is 10.3. The summed E-state index contributed by atoms with van der Waals surface area (Å²) in [4.78, 5) is 11.2. The zero-order valence-electron chi connectivity index (χ0n) is 10.6. The van der Waals surface area contributed by atoms with Crippen molar-refractivity contribution >= 4 is 33.2 Å². The minimum Gasteiger partial charge on any atom is -0.441 e. The summed E-state index contributed by atoms with van der Waals surface area (Å²) in [5, 5.41) is 4.93. The molecular formula is C14H12ClN3OS. The van der Waals surface area contributed by atoms with Crippen LogP contribution in [0.15, 0.2) is 28.8 Å². The molecule has 0 radical (unpaired) electrons. The van der Waals surface area contributed by atoms with Crippen molar-refractivity contribution in [1.82, 2.24) is 15.3 Å². The summed E-state index contributed by atoms with van der Waals surface area (Å²) in [5.41, 5.74) is 0. The normalized spacial score (nSPS) is 15.1. The second-order valence-electron chi connectivity index (χ2n) is 4.93. The Balaban J connectivity index is 1.64. The van der Waals surface area contributed by atoms with Crippen molar-refractivity contribution < 1.29 is 4.42 Å². The lowest BCUT2D eigenvalue weighted by molar-refractivity contribution is 0.579. The SMILES string of the molecule is Clc1ccc(-c2ncc3cc(CNC4CC4)sc3n2)o1. The summed E-state index contributed by atoms with van der Waals surface area (Å²) >= 11 is 7.48. The predicted molar refractivity (Wildman–Crippen MR) is 80.0 cm³/mol. The third-order valence-electron chi connectivity index (χ3n) is 3.26. The van der Waals surface area contributed by atoms with Crippen molar-refractivity contribution in [2.45, 2.75) is 25.4 Å². The molecule has 3 heterocycles. The number of hydrogen-bond acceptors (Lipinski definition) is 5. The first-order valence-electron chi connectivity index (χ1n) is 6.52. The lowest BCUT2D eigenvalue weighted by Gasteiger charge is -1.97. The van der Waals surface area contributed by atoms with Crippen LogP contribution >= 0.6 is 22.9 Å². The standard InChI is InChI=1S/C14H12ClN3OS/c15-12-4-3-11(19-12)13-17-6-8-5-10(20-14(8)18-13)7-16-9-1-2-9/h3-6,9,16H,1-2,7H2. The molecule has 1 aliphatic rings. The van der Waals surface area contributed by atoms with Gasteiger partial charge in [0.25, 0.3) is 0 Å². The van der Waals surface area contributed by atoms with Crippen molar-refractivity contribution in [2.75, 3.05) is 0 Å².